The molecule has 138 valence electrons. The van der Waals surface area contributed by atoms with Crippen molar-refractivity contribution in [2.24, 2.45) is 0 Å². The highest BCUT2D eigenvalue weighted by atomic mass is 35.5. The molecule has 1 aromatic heterocycles. The van der Waals surface area contributed by atoms with Crippen LogP contribution in [0.25, 0.3) is 0 Å². The molecule has 0 aliphatic heterocycles. The van der Waals surface area contributed by atoms with Crippen LogP contribution in [0.5, 0.6) is 0 Å². The van der Waals surface area contributed by atoms with Gasteiger partial charge in [0.25, 0.3) is 11.8 Å². The van der Waals surface area contributed by atoms with Crippen LogP contribution in [0, 0.1) is 0 Å². The normalized spacial score (nSPS) is 10.4. The summed E-state index contributed by atoms with van der Waals surface area (Å²) in [6, 6.07) is 14.1. The van der Waals surface area contributed by atoms with Crippen LogP contribution in [-0.2, 0) is 6.54 Å². The first-order valence-corrected chi connectivity index (χ1v) is 8.73. The van der Waals surface area contributed by atoms with Crippen LogP contribution in [0.4, 0.5) is 0 Å². The molecule has 0 radical (unpaired) electrons. The van der Waals surface area contributed by atoms with Crippen LogP contribution in [0.2, 0.25) is 5.02 Å². The predicted molar refractivity (Wildman–Crippen MR) is 102 cm³/mol. The monoisotopic (exact) mass is 383 g/mol. The Morgan fingerprint density at radius 2 is 1.67 bits per heavy atom. The molecule has 3 aromatic rings. The minimum Gasteiger partial charge on any atom is -0.350 e. The zero-order valence-corrected chi connectivity index (χ0v) is 15.2. The lowest BCUT2D eigenvalue weighted by molar-refractivity contribution is 0.0927. The quantitative estimate of drug-likeness (QED) is 0.612. The molecule has 3 rings (SSSR count). The molecule has 7 nitrogen and oxygen atoms in total. The van der Waals surface area contributed by atoms with Crippen molar-refractivity contribution in [1.82, 2.24) is 25.4 Å². The molecule has 0 bridgehead atoms. The van der Waals surface area contributed by atoms with E-state index in [0.29, 0.717) is 35.8 Å². The number of amides is 2. The highest BCUT2D eigenvalue weighted by Crippen LogP contribution is 2.14. The summed E-state index contributed by atoms with van der Waals surface area (Å²) in [5, 5.41) is 9.94. The fourth-order valence-electron chi connectivity index (χ4n) is 2.46. The second-order valence-electron chi connectivity index (χ2n) is 5.78. The molecule has 0 saturated heterocycles. The lowest BCUT2D eigenvalue weighted by atomic mass is 10.1. The van der Waals surface area contributed by atoms with E-state index in [4.69, 9.17) is 11.6 Å². The summed E-state index contributed by atoms with van der Waals surface area (Å²) in [5.41, 5.74) is 1.98. The average molecular weight is 384 g/mol. The number of nitrogens with zero attached hydrogens (tertiary/aromatic N) is 3. The molecule has 0 aliphatic carbocycles. The number of hydrogen-bond donors (Lipinski definition) is 2. The number of halogens is 1. The van der Waals surface area contributed by atoms with Crippen molar-refractivity contribution in [3.63, 3.8) is 0 Å². The molecule has 8 heteroatoms. The number of benzene rings is 2. The Balaban J connectivity index is 1.44. The molecule has 0 fully saturated rings. The molecule has 0 aliphatic rings. The summed E-state index contributed by atoms with van der Waals surface area (Å²) in [5.74, 6) is -0.471. The van der Waals surface area contributed by atoms with Crippen LogP contribution in [0.1, 0.15) is 26.3 Å². The Morgan fingerprint density at radius 3 is 2.33 bits per heavy atom. The van der Waals surface area contributed by atoms with Crippen molar-refractivity contribution in [2.75, 3.05) is 13.1 Å². The van der Waals surface area contributed by atoms with Crippen molar-refractivity contribution >= 4 is 23.4 Å². The summed E-state index contributed by atoms with van der Waals surface area (Å²) in [6.45, 7) is 1.21. The first-order valence-electron chi connectivity index (χ1n) is 8.36. The Kier molecular flexibility index (Phi) is 6.17. The topological polar surface area (TPSA) is 88.9 Å². The van der Waals surface area contributed by atoms with Gasteiger partial charge in [-0.15, -0.1) is 0 Å². The Labute approximate surface area is 161 Å². The van der Waals surface area contributed by atoms with Crippen LogP contribution in [-0.4, -0.2) is 39.7 Å². The third-order valence-electron chi connectivity index (χ3n) is 3.84. The summed E-state index contributed by atoms with van der Waals surface area (Å²) in [6.07, 6.45) is 3.11. The van der Waals surface area contributed by atoms with Gasteiger partial charge in [-0.05, 0) is 29.8 Å². The minimum absolute atomic E-state index is 0.200. The molecular formula is C19H18ClN5O2. The van der Waals surface area contributed by atoms with Gasteiger partial charge >= 0.3 is 0 Å². The minimum atomic E-state index is -0.271. The van der Waals surface area contributed by atoms with Crippen molar-refractivity contribution in [3.8, 4) is 0 Å². The number of carbonyl (C=O) groups excluding carboxylic acids is 2. The van der Waals surface area contributed by atoms with Gasteiger partial charge in [0.15, 0.2) is 0 Å². The van der Waals surface area contributed by atoms with E-state index in [9.17, 15) is 9.59 Å². The van der Waals surface area contributed by atoms with Gasteiger partial charge in [0.05, 0.1) is 17.1 Å². The number of hydrogen-bond acceptors (Lipinski definition) is 4. The predicted octanol–water partition coefficient (Wildman–Crippen LogP) is 2.14. The first-order chi connectivity index (χ1) is 13.1. The lowest BCUT2D eigenvalue weighted by Crippen LogP contribution is -2.34. The van der Waals surface area contributed by atoms with Gasteiger partial charge in [0.1, 0.15) is 12.7 Å². The maximum Gasteiger partial charge on any atom is 0.252 e. The molecular weight excluding hydrogens is 366 g/mol. The van der Waals surface area contributed by atoms with E-state index in [-0.39, 0.29) is 11.8 Å². The van der Waals surface area contributed by atoms with Gasteiger partial charge in [-0.3, -0.25) is 9.59 Å². The van der Waals surface area contributed by atoms with E-state index in [1.165, 1.54) is 6.33 Å². The average Bonchev–Trinajstić information content (AvgIpc) is 3.19. The fourth-order valence-corrected chi connectivity index (χ4v) is 2.68. The van der Waals surface area contributed by atoms with Crippen molar-refractivity contribution in [2.45, 2.75) is 6.54 Å². The van der Waals surface area contributed by atoms with Crippen LogP contribution in [0.15, 0.2) is 61.2 Å². The maximum atomic E-state index is 12.2. The second-order valence-corrected chi connectivity index (χ2v) is 6.19. The van der Waals surface area contributed by atoms with Crippen LogP contribution in [0.3, 0.4) is 0 Å². The molecule has 2 aromatic carbocycles. The fraction of sp³-hybridized carbons (Fsp3) is 0.158. The zero-order chi connectivity index (χ0) is 19.1. The molecule has 0 saturated carbocycles. The van der Waals surface area contributed by atoms with Gasteiger partial charge < -0.3 is 10.6 Å². The van der Waals surface area contributed by atoms with Crippen LogP contribution >= 0.6 is 11.6 Å². The van der Waals surface area contributed by atoms with Crippen molar-refractivity contribution in [3.05, 3.63) is 82.9 Å². The Bertz CT molecular complexity index is 910. The number of rotatable bonds is 7. The summed E-state index contributed by atoms with van der Waals surface area (Å²) in [7, 11) is 0. The lowest BCUT2D eigenvalue weighted by Gasteiger charge is -2.08. The number of aromatic nitrogens is 3. The summed E-state index contributed by atoms with van der Waals surface area (Å²) in [4.78, 5) is 28.1. The van der Waals surface area contributed by atoms with Gasteiger partial charge in [-0.2, -0.15) is 5.10 Å². The molecule has 1 heterocycles. The van der Waals surface area contributed by atoms with E-state index >= 15 is 0 Å². The van der Waals surface area contributed by atoms with Gasteiger partial charge in [-0.25, -0.2) is 9.67 Å². The third-order valence-corrected chi connectivity index (χ3v) is 4.17. The molecule has 0 spiro atoms. The number of nitrogens with one attached hydrogen (secondary N) is 2. The Hall–Kier alpha value is -3.19. The summed E-state index contributed by atoms with van der Waals surface area (Å²) >= 11 is 5.98. The molecule has 2 N–H and O–H groups in total. The van der Waals surface area contributed by atoms with E-state index in [1.54, 1.807) is 47.4 Å². The second kappa shape index (κ2) is 8.95. The first kappa shape index (κ1) is 18.6. The van der Waals surface area contributed by atoms with Crippen LogP contribution < -0.4 is 10.6 Å². The largest absolute Gasteiger partial charge is 0.350 e. The van der Waals surface area contributed by atoms with E-state index in [0.717, 1.165) is 5.56 Å². The summed E-state index contributed by atoms with van der Waals surface area (Å²) < 4.78 is 1.71. The third kappa shape index (κ3) is 5.15. The van der Waals surface area contributed by atoms with E-state index < -0.39 is 0 Å². The Morgan fingerprint density at radius 1 is 0.963 bits per heavy atom. The maximum absolute atomic E-state index is 12.2. The van der Waals surface area contributed by atoms with E-state index in [2.05, 4.69) is 20.7 Å². The molecule has 0 atom stereocenters. The van der Waals surface area contributed by atoms with Crippen molar-refractivity contribution in [1.29, 1.82) is 0 Å². The highest BCUT2D eigenvalue weighted by molar-refractivity contribution is 6.33. The van der Waals surface area contributed by atoms with E-state index in [1.807, 2.05) is 12.1 Å². The molecule has 0 unspecified atom stereocenters. The SMILES string of the molecule is O=C(NCCNC(=O)c1ccccc1Cl)c1ccc(Cn2cncn2)cc1. The van der Waals surface area contributed by atoms with Gasteiger partial charge in [0, 0.05) is 18.7 Å². The molecule has 27 heavy (non-hydrogen) atoms. The van der Waals surface area contributed by atoms with Gasteiger partial charge in [-0.1, -0.05) is 35.9 Å². The van der Waals surface area contributed by atoms with Gasteiger partial charge in [0.2, 0.25) is 0 Å². The van der Waals surface area contributed by atoms with Crippen molar-refractivity contribution < 1.29 is 9.59 Å². The standard InChI is InChI=1S/C19H18ClN5O2/c20-17-4-2-1-3-16(17)19(27)23-10-9-22-18(26)15-7-5-14(6-8-15)11-25-13-21-12-24-25/h1-8,12-13H,9-11H2,(H,22,26)(H,23,27). The zero-order valence-electron chi connectivity index (χ0n) is 14.4. The smallest absolute Gasteiger partial charge is 0.252 e. The molecule has 2 amide bonds. The highest BCUT2D eigenvalue weighted by Gasteiger charge is 2.09. The number of carbonyl (C=O) groups is 2.